The van der Waals surface area contributed by atoms with Gasteiger partial charge in [0.2, 0.25) is 0 Å². The van der Waals surface area contributed by atoms with Crippen molar-refractivity contribution in [2.45, 2.75) is 45.4 Å². The lowest BCUT2D eigenvalue weighted by Crippen LogP contribution is -2.36. The van der Waals surface area contributed by atoms with Crippen molar-refractivity contribution in [1.29, 1.82) is 0 Å². The second-order valence-electron chi connectivity index (χ2n) is 7.15. The highest BCUT2D eigenvalue weighted by Gasteiger charge is 2.19. The monoisotopic (exact) mass is 380 g/mol. The molecule has 1 fully saturated rings. The van der Waals surface area contributed by atoms with Gasteiger partial charge in [0.25, 0.3) is 0 Å². The zero-order valence-corrected chi connectivity index (χ0v) is 17.3. The molecule has 154 valence electrons. The van der Waals surface area contributed by atoms with Crippen LogP contribution in [-0.4, -0.2) is 80.7 Å². The minimum atomic E-state index is -0.522. The van der Waals surface area contributed by atoms with Gasteiger partial charge in [0.15, 0.2) is 11.5 Å². The summed E-state index contributed by atoms with van der Waals surface area (Å²) in [5.74, 6) is 1.40. The fraction of sp³-hybridized carbons (Fsp3) is 0.714. The van der Waals surface area contributed by atoms with Gasteiger partial charge in [0.1, 0.15) is 12.7 Å². The molecule has 6 nitrogen and oxygen atoms in total. The zero-order chi connectivity index (χ0) is 19.6. The molecule has 1 saturated heterocycles. The largest absolute Gasteiger partial charge is 0.493 e. The number of hydrogen-bond donors (Lipinski definition) is 1. The van der Waals surface area contributed by atoms with Gasteiger partial charge < -0.3 is 24.2 Å². The van der Waals surface area contributed by atoms with Gasteiger partial charge >= 0.3 is 0 Å². The second-order valence-corrected chi connectivity index (χ2v) is 7.15. The Morgan fingerprint density at radius 3 is 2.44 bits per heavy atom. The molecule has 0 aliphatic carbocycles. The van der Waals surface area contributed by atoms with Gasteiger partial charge in [-0.2, -0.15) is 0 Å². The first-order valence-electron chi connectivity index (χ1n) is 10.0. The van der Waals surface area contributed by atoms with E-state index in [1.807, 2.05) is 12.1 Å². The predicted molar refractivity (Wildman–Crippen MR) is 108 cm³/mol. The normalized spacial score (nSPS) is 17.3. The Labute approximate surface area is 164 Å². The first kappa shape index (κ1) is 22.0. The van der Waals surface area contributed by atoms with Crippen molar-refractivity contribution in [3.8, 4) is 11.5 Å². The summed E-state index contributed by atoms with van der Waals surface area (Å²) in [5, 5.41) is 10.3. The van der Waals surface area contributed by atoms with Crippen molar-refractivity contribution >= 4 is 0 Å². The summed E-state index contributed by atoms with van der Waals surface area (Å²) in [7, 11) is 3.44. The molecule has 0 unspecified atom stereocenters. The molecule has 1 aromatic carbocycles. The maximum absolute atomic E-state index is 10.3. The Morgan fingerprint density at radius 1 is 1.15 bits per heavy atom. The summed E-state index contributed by atoms with van der Waals surface area (Å²) < 4.78 is 16.8. The van der Waals surface area contributed by atoms with Crippen LogP contribution in [0.2, 0.25) is 0 Å². The molecule has 1 aliphatic heterocycles. The van der Waals surface area contributed by atoms with Gasteiger partial charge in [0.05, 0.1) is 13.2 Å². The lowest BCUT2D eigenvalue weighted by atomic mass is 10.1. The number of likely N-dealkylation sites (N-methyl/N-ethyl adjacent to an activating group) is 1. The fourth-order valence-corrected chi connectivity index (χ4v) is 3.51. The minimum absolute atomic E-state index is 0.259. The van der Waals surface area contributed by atoms with Gasteiger partial charge in [-0.05, 0) is 43.6 Å². The van der Waals surface area contributed by atoms with Crippen LogP contribution < -0.4 is 9.47 Å². The SMILES string of the molecule is CCN(CC)C[C@H](O)COc1cc(CN2CCC(OC)CC2)ccc1OC. The van der Waals surface area contributed by atoms with Crippen LogP contribution in [0.3, 0.4) is 0 Å². The third-order valence-electron chi connectivity index (χ3n) is 5.30. The Bertz CT molecular complexity index is 543. The van der Waals surface area contributed by atoms with Gasteiger partial charge in [0, 0.05) is 33.3 Å². The molecule has 2 rings (SSSR count). The summed E-state index contributed by atoms with van der Waals surface area (Å²) in [5.41, 5.74) is 1.19. The molecule has 0 spiro atoms. The highest BCUT2D eigenvalue weighted by molar-refractivity contribution is 5.43. The lowest BCUT2D eigenvalue weighted by molar-refractivity contribution is 0.0388. The van der Waals surface area contributed by atoms with Crippen LogP contribution in [0.1, 0.15) is 32.3 Å². The molecule has 1 aliphatic rings. The molecular formula is C21H36N2O4. The number of hydrogen-bond acceptors (Lipinski definition) is 6. The molecule has 0 bridgehead atoms. The number of methoxy groups -OCH3 is 2. The van der Waals surface area contributed by atoms with E-state index in [1.165, 1.54) is 5.56 Å². The number of aliphatic hydroxyl groups is 1. The molecular weight excluding hydrogens is 344 g/mol. The van der Waals surface area contributed by atoms with Crippen molar-refractivity contribution in [3.63, 3.8) is 0 Å². The fourth-order valence-electron chi connectivity index (χ4n) is 3.51. The van der Waals surface area contributed by atoms with Crippen molar-refractivity contribution in [2.24, 2.45) is 0 Å². The van der Waals surface area contributed by atoms with Gasteiger partial charge in [-0.1, -0.05) is 19.9 Å². The van der Waals surface area contributed by atoms with Crippen LogP contribution in [0.15, 0.2) is 18.2 Å². The second kappa shape index (κ2) is 11.5. The first-order chi connectivity index (χ1) is 13.1. The van der Waals surface area contributed by atoms with Crippen molar-refractivity contribution in [2.75, 3.05) is 53.6 Å². The van der Waals surface area contributed by atoms with E-state index in [9.17, 15) is 5.11 Å². The Kier molecular flexibility index (Phi) is 9.34. The summed E-state index contributed by atoms with van der Waals surface area (Å²) in [6, 6.07) is 6.06. The van der Waals surface area contributed by atoms with Gasteiger partial charge in [-0.25, -0.2) is 0 Å². The number of nitrogens with zero attached hydrogens (tertiary/aromatic N) is 2. The maximum atomic E-state index is 10.3. The van der Waals surface area contributed by atoms with E-state index in [4.69, 9.17) is 14.2 Å². The van der Waals surface area contributed by atoms with Crippen molar-refractivity contribution in [3.05, 3.63) is 23.8 Å². The number of likely N-dealkylation sites (tertiary alicyclic amines) is 1. The Morgan fingerprint density at radius 2 is 1.85 bits per heavy atom. The summed E-state index contributed by atoms with van der Waals surface area (Å²) in [4.78, 5) is 4.63. The molecule has 6 heteroatoms. The van der Waals surface area contributed by atoms with Crippen LogP contribution in [0.25, 0.3) is 0 Å². The number of aliphatic hydroxyl groups excluding tert-OH is 1. The third-order valence-corrected chi connectivity index (χ3v) is 5.30. The first-order valence-corrected chi connectivity index (χ1v) is 10.0. The quantitative estimate of drug-likeness (QED) is 0.636. The molecule has 1 heterocycles. The topological polar surface area (TPSA) is 54.4 Å². The number of benzene rings is 1. The van der Waals surface area contributed by atoms with E-state index >= 15 is 0 Å². The predicted octanol–water partition coefficient (Wildman–Crippen LogP) is 2.39. The number of ether oxygens (including phenoxy) is 3. The minimum Gasteiger partial charge on any atom is -0.493 e. The molecule has 0 radical (unpaired) electrons. The number of piperidine rings is 1. The highest BCUT2D eigenvalue weighted by Crippen LogP contribution is 2.29. The number of rotatable bonds is 11. The van der Waals surface area contributed by atoms with E-state index in [0.717, 1.165) is 45.6 Å². The molecule has 0 saturated carbocycles. The Hall–Kier alpha value is -1.34. The smallest absolute Gasteiger partial charge is 0.161 e. The maximum Gasteiger partial charge on any atom is 0.161 e. The van der Waals surface area contributed by atoms with E-state index < -0.39 is 6.10 Å². The van der Waals surface area contributed by atoms with E-state index in [1.54, 1.807) is 14.2 Å². The molecule has 1 N–H and O–H groups in total. The molecule has 1 atom stereocenters. The highest BCUT2D eigenvalue weighted by atomic mass is 16.5. The van der Waals surface area contributed by atoms with Gasteiger partial charge in [-0.15, -0.1) is 0 Å². The van der Waals surface area contributed by atoms with Gasteiger partial charge in [-0.3, -0.25) is 4.90 Å². The summed E-state index contributed by atoms with van der Waals surface area (Å²) >= 11 is 0. The van der Waals surface area contributed by atoms with Crippen LogP contribution >= 0.6 is 0 Å². The molecule has 1 aromatic rings. The van der Waals surface area contributed by atoms with Crippen LogP contribution in [-0.2, 0) is 11.3 Å². The Balaban J connectivity index is 1.92. The molecule has 0 amide bonds. The summed E-state index contributed by atoms with van der Waals surface area (Å²) in [6.07, 6.45) is 2.02. The zero-order valence-electron chi connectivity index (χ0n) is 17.3. The lowest BCUT2D eigenvalue weighted by Gasteiger charge is -2.31. The molecule has 0 aromatic heterocycles. The van der Waals surface area contributed by atoms with Crippen molar-refractivity contribution in [1.82, 2.24) is 9.80 Å². The van der Waals surface area contributed by atoms with Crippen LogP contribution in [0, 0.1) is 0 Å². The molecule has 27 heavy (non-hydrogen) atoms. The van der Waals surface area contributed by atoms with E-state index in [0.29, 0.717) is 24.1 Å². The van der Waals surface area contributed by atoms with E-state index in [-0.39, 0.29) is 6.61 Å². The average Bonchev–Trinajstić information content (AvgIpc) is 2.71. The average molecular weight is 381 g/mol. The van der Waals surface area contributed by atoms with Crippen molar-refractivity contribution < 1.29 is 19.3 Å². The van der Waals surface area contributed by atoms with E-state index in [2.05, 4.69) is 29.7 Å². The summed E-state index contributed by atoms with van der Waals surface area (Å²) in [6.45, 7) is 9.89. The van der Waals surface area contributed by atoms with Crippen LogP contribution in [0.4, 0.5) is 0 Å². The standard InChI is InChI=1S/C21H36N2O4/c1-5-22(6-2)15-18(24)16-27-21-13-17(7-8-20(21)26-4)14-23-11-9-19(25-3)10-12-23/h7-8,13,18-19,24H,5-6,9-12,14-16H2,1-4H3/t18-/m0/s1. The van der Waals surface area contributed by atoms with Crippen LogP contribution in [0.5, 0.6) is 11.5 Å². The third kappa shape index (κ3) is 6.96.